The highest BCUT2D eigenvalue weighted by Crippen LogP contribution is 2.26. The second-order valence-electron chi connectivity index (χ2n) is 5.36. The molecule has 0 aromatic rings. The van der Waals surface area contributed by atoms with E-state index in [0.29, 0.717) is 6.04 Å². The van der Waals surface area contributed by atoms with Gasteiger partial charge in [-0.25, -0.2) is 0 Å². The zero-order valence-corrected chi connectivity index (χ0v) is 10.6. The normalized spacial score (nSPS) is 32.9. The molecule has 2 aliphatic rings. The molecule has 0 aromatic carbocycles. The van der Waals surface area contributed by atoms with Crippen molar-refractivity contribution in [1.82, 2.24) is 5.01 Å². The van der Waals surface area contributed by atoms with E-state index in [9.17, 15) is 0 Å². The first kappa shape index (κ1) is 11.9. The predicted molar refractivity (Wildman–Crippen MR) is 66.3 cm³/mol. The fraction of sp³-hybridized carbons (Fsp3) is 1.00. The zero-order chi connectivity index (χ0) is 11.2. The molecular weight excluding hydrogens is 198 g/mol. The molecule has 0 N–H and O–H groups in total. The van der Waals surface area contributed by atoms with Crippen molar-refractivity contribution in [2.75, 3.05) is 13.1 Å². The average molecular weight is 223 g/mol. The molecule has 1 aliphatic carbocycles. The first-order chi connectivity index (χ1) is 7.88. The van der Waals surface area contributed by atoms with Crippen molar-refractivity contribution in [2.24, 2.45) is 16.3 Å². The predicted octanol–water partition coefficient (Wildman–Crippen LogP) is 3.81. The lowest BCUT2D eigenvalue weighted by atomic mass is 9.89. The van der Waals surface area contributed by atoms with E-state index < -0.39 is 0 Å². The van der Waals surface area contributed by atoms with Crippen LogP contribution >= 0.6 is 0 Å². The van der Waals surface area contributed by atoms with Gasteiger partial charge in [0.2, 0.25) is 0 Å². The van der Waals surface area contributed by atoms with Crippen LogP contribution in [0.15, 0.2) is 10.3 Å². The maximum atomic E-state index is 4.29. The number of rotatable bonds is 1. The lowest BCUT2D eigenvalue weighted by Crippen LogP contribution is -2.35. The standard InChI is InChI=1S/C13H25N3/c1-12-8-6-4-2-3-5-7-9-13(12)16-11-10-14-15-16/h12-13H,2-11H2,1H3. The smallest absolute Gasteiger partial charge is 0.0813 e. The molecule has 1 aliphatic heterocycles. The van der Waals surface area contributed by atoms with Crippen LogP contribution in [0.5, 0.6) is 0 Å². The van der Waals surface area contributed by atoms with E-state index in [0.717, 1.165) is 19.0 Å². The molecule has 16 heavy (non-hydrogen) atoms. The minimum atomic E-state index is 0.657. The summed E-state index contributed by atoms with van der Waals surface area (Å²) >= 11 is 0. The maximum Gasteiger partial charge on any atom is 0.0813 e. The number of hydrogen-bond acceptors (Lipinski definition) is 3. The molecule has 3 heteroatoms. The highest BCUT2D eigenvalue weighted by atomic mass is 15.6. The summed E-state index contributed by atoms with van der Waals surface area (Å²) < 4.78 is 0. The molecule has 0 amide bonds. The van der Waals surface area contributed by atoms with Crippen molar-refractivity contribution in [2.45, 2.75) is 64.3 Å². The molecular formula is C13H25N3. The van der Waals surface area contributed by atoms with E-state index in [1.165, 1.54) is 51.4 Å². The van der Waals surface area contributed by atoms with Gasteiger partial charge in [0.25, 0.3) is 0 Å². The molecule has 1 fully saturated rings. The first-order valence-electron chi connectivity index (χ1n) is 7.02. The lowest BCUT2D eigenvalue weighted by molar-refractivity contribution is 0.146. The summed E-state index contributed by atoms with van der Waals surface area (Å²) in [4.78, 5) is 0. The van der Waals surface area contributed by atoms with Gasteiger partial charge in [0.15, 0.2) is 0 Å². The Morgan fingerprint density at radius 3 is 2.31 bits per heavy atom. The van der Waals surface area contributed by atoms with Crippen LogP contribution < -0.4 is 0 Å². The van der Waals surface area contributed by atoms with E-state index >= 15 is 0 Å². The van der Waals surface area contributed by atoms with Crippen molar-refractivity contribution in [1.29, 1.82) is 0 Å². The topological polar surface area (TPSA) is 28.0 Å². The van der Waals surface area contributed by atoms with Crippen molar-refractivity contribution in [3.8, 4) is 0 Å². The fourth-order valence-corrected chi connectivity index (χ4v) is 3.00. The highest BCUT2D eigenvalue weighted by molar-refractivity contribution is 4.77. The van der Waals surface area contributed by atoms with Crippen LogP contribution in [0, 0.1) is 5.92 Å². The Labute approximate surface area is 99.3 Å². The molecule has 3 nitrogen and oxygen atoms in total. The minimum absolute atomic E-state index is 0.657. The van der Waals surface area contributed by atoms with Gasteiger partial charge in [0.1, 0.15) is 0 Å². The van der Waals surface area contributed by atoms with Crippen LogP contribution in [0.2, 0.25) is 0 Å². The van der Waals surface area contributed by atoms with Crippen LogP contribution in [0.3, 0.4) is 0 Å². The summed E-state index contributed by atoms with van der Waals surface area (Å²) in [5.74, 6) is 0.787. The van der Waals surface area contributed by atoms with Crippen LogP contribution in [-0.2, 0) is 0 Å². The third kappa shape index (κ3) is 3.19. The summed E-state index contributed by atoms with van der Waals surface area (Å²) in [7, 11) is 0. The van der Waals surface area contributed by atoms with Gasteiger partial charge in [0.05, 0.1) is 19.1 Å². The van der Waals surface area contributed by atoms with Crippen LogP contribution in [0.1, 0.15) is 58.3 Å². The highest BCUT2D eigenvalue weighted by Gasteiger charge is 2.25. The number of nitrogens with zero attached hydrogens (tertiary/aromatic N) is 3. The van der Waals surface area contributed by atoms with Crippen molar-refractivity contribution < 1.29 is 0 Å². The lowest BCUT2D eigenvalue weighted by Gasteiger charge is -2.31. The summed E-state index contributed by atoms with van der Waals surface area (Å²) in [6.45, 7) is 4.36. The molecule has 2 unspecified atom stereocenters. The van der Waals surface area contributed by atoms with Crippen molar-refractivity contribution >= 4 is 0 Å². The molecule has 2 rings (SSSR count). The SMILES string of the molecule is CC1CCCCCCCCC1N1CCN=N1. The quantitative estimate of drug-likeness (QED) is 0.664. The van der Waals surface area contributed by atoms with Gasteiger partial charge in [0, 0.05) is 0 Å². The van der Waals surface area contributed by atoms with Crippen LogP contribution in [0.25, 0.3) is 0 Å². The summed E-state index contributed by atoms with van der Waals surface area (Å²) in [6, 6.07) is 0.657. The molecule has 0 saturated heterocycles. The fourth-order valence-electron chi connectivity index (χ4n) is 3.00. The summed E-state index contributed by atoms with van der Waals surface area (Å²) in [5, 5.41) is 10.7. The summed E-state index contributed by atoms with van der Waals surface area (Å²) in [5.41, 5.74) is 0. The van der Waals surface area contributed by atoms with Crippen molar-refractivity contribution in [3.63, 3.8) is 0 Å². The molecule has 0 bridgehead atoms. The van der Waals surface area contributed by atoms with E-state index in [-0.39, 0.29) is 0 Å². The van der Waals surface area contributed by atoms with E-state index in [1.807, 2.05) is 0 Å². The van der Waals surface area contributed by atoms with Crippen LogP contribution in [-0.4, -0.2) is 24.1 Å². The number of hydrogen-bond donors (Lipinski definition) is 0. The third-order valence-corrected chi connectivity index (χ3v) is 4.06. The van der Waals surface area contributed by atoms with Gasteiger partial charge in [-0.15, -0.1) is 0 Å². The van der Waals surface area contributed by atoms with Gasteiger partial charge >= 0.3 is 0 Å². The Hall–Kier alpha value is -0.600. The Morgan fingerprint density at radius 2 is 1.62 bits per heavy atom. The third-order valence-electron chi connectivity index (χ3n) is 4.06. The largest absolute Gasteiger partial charge is 0.274 e. The molecule has 1 heterocycles. The molecule has 1 saturated carbocycles. The zero-order valence-electron chi connectivity index (χ0n) is 10.6. The van der Waals surface area contributed by atoms with Crippen molar-refractivity contribution in [3.05, 3.63) is 0 Å². The van der Waals surface area contributed by atoms with Crippen LogP contribution in [0.4, 0.5) is 0 Å². The van der Waals surface area contributed by atoms with Gasteiger partial charge in [-0.1, -0.05) is 50.7 Å². The monoisotopic (exact) mass is 223 g/mol. The Kier molecular flexibility index (Phi) is 4.61. The van der Waals surface area contributed by atoms with Gasteiger partial charge < -0.3 is 0 Å². The van der Waals surface area contributed by atoms with Gasteiger partial charge in [-0.05, 0) is 18.8 Å². The van der Waals surface area contributed by atoms with E-state index in [1.54, 1.807) is 0 Å². The molecule has 0 aromatic heterocycles. The van der Waals surface area contributed by atoms with Gasteiger partial charge in [-0.2, -0.15) is 5.11 Å². The molecule has 2 atom stereocenters. The van der Waals surface area contributed by atoms with E-state index in [2.05, 4.69) is 22.3 Å². The second kappa shape index (κ2) is 6.21. The Balaban J connectivity index is 1.91. The molecule has 92 valence electrons. The molecule has 0 radical (unpaired) electrons. The maximum absolute atomic E-state index is 4.29. The van der Waals surface area contributed by atoms with E-state index in [4.69, 9.17) is 0 Å². The Morgan fingerprint density at radius 1 is 0.938 bits per heavy atom. The average Bonchev–Trinajstić information content (AvgIpc) is 2.80. The van der Waals surface area contributed by atoms with Gasteiger partial charge in [-0.3, -0.25) is 5.01 Å². The summed E-state index contributed by atoms with van der Waals surface area (Å²) in [6.07, 6.45) is 11.2. The molecule has 0 spiro atoms. The minimum Gasteiger partial charge on any atom is -0.274 e. The Bertz CT molecular complexity index is 227. The second-order valence-corrected chi connectivity index (χ2v) is 5.36. The first-order valence-corrected chi connectivity index (χ1v) is 7.02.